The van der Waals surface area contributed by atoms with Crippen molar-refractivity contribution in [3.8, 4) is 17.1 Å². The highest BCUT2D eigenvalue weighted by molar-refractivity contribution is 7.89. The molecule has 2 aromatic carbocycles. The Labute approximate surface area is 149 Å². The van der Waals surface area contributed by atoms with Crippen LogP contribution in [0, 0.1) is 0 Å². The minimum absolute atomic E-state index is 0.0645. The molecule has 9 heteroatoms. The molecule has 3 aromatic rings. The fourth-order valence-corrected chi connectivity index (χ4v) is 3.53. The number of nitrogens with one attached hydrogen (secondary N) is 1. The van der Waals surface area contributed by atoms with E-state index in [1.165, 1.54) is 19.2 Å². The number of halogens is 1. The lowest BCUT2D eigenvalue weighted by molar-refractivity contribution is 0.375. The second kappa shape index (κ2) is 7.22. The monoisotopic (exact) mass is 379 g/mol. The third kappa shape index (κ3) is 3.98. The summed E-state index contributed by atoms with van der Waals surface area (Å²) in [7, 11) is -2.48. The molecule has 0 aliphatic heterocycles. The lowest BCUT2D eigenvalue weighted by Crippen LogP contribution is -2.24. The highest BCUT2D eigenvalue weighted by Gasteiger charge is 2.21. The highest BCUT2D eigenvalue weighted by atomic mass is 35.5. The first-order valence-corrected chi connectivity index (χ1v) is 9.07. The van der Waals surface area contributed by atoms with E-state index >= 15 is 0 Å². The molecule has 0 bridgehead atoms. The Morgan fingerprint density at radius 3 is 2.68 bits per heavy atom. The van der Waals surface area contributed by atoms with Crippen LogP contribution in [0.1, 0.15) is 5.89 Å². The maximum Gasteiger partial charge on any atom is 0.244 e. The molecule has 0 aliphatic carbocycles. The molecule has 0 saturated carbocycles. The van der Waals surface area contributed by atoms with E-state index in [9.17, 15) is 8.42 Å². The van der Waals surface area contributed by atoms with Crippen molar-refractivity contribution in [3.05, 3.63) is 59.4 Å². The SMILES string of the molecule is COc1ccc(Cl)cc1S(=O)(=O)NCc1nc(-c2ccccc2)no1. The van der Waals surface area contributed by atoms with E-state index < -0.39 is 10.0 Å². The largest absolute Gasteiger partial charge is 0.495 e. The Bertz CT molecular complexity index is 974. The lowest BCUT2D eigenvalue weighted by atomic mass is 10.2. The van der Waals surface area contributed by atoms with Gasteiger partial charge in [0.05, 0.1) is 13.7 Å². The standard InChI is InChI=1S/C16H14ClN3O4S/c1-23-13-8-7-12(17)9-14(13)25(21,22)18-10-15-19-16(20-24-15)11-5-3-2-4-6-11/h2-9,18H,10H2,1H3. The summed E-state index contributed by atoms with van der Waals surface area (Å²) in [5.41, 5.74) is 0.775. The molecule has 0 fully saturated rings. The first-order chi connectivity index (χ1) is 12.0. The zero-order chi connectivity index (χ0) is 17.9. The van der Waals surface area contributed by atoms with Crippen molar-refractivity contribution in [2.24, 2.45) is 0 Å². The van der Waals surface area contributed by atoms with E-state index in [1.54, 1.807) is 6.07 Å². The summed E-state index contributed by atoms with van der Waals surface area (Å²) in [6.07, 6.45) is 0. The minimum atomic E-state index is -3.87. The number of hydrogen-bond acceptors (Lipinski definition) is 6. The fraction of sp³-hybridized carbons (Fsp3) is 0.125. The third-order valence-corrected chi connectivity index (χ3v) is 4.99. The average Bonchev–Trinajstić information content (AvgIpc) is 3.10. The Morgan fingerprint density at radius 1 is 1.20 bits per heavy atom. The number of sulfonamides is 1. The van der Waals surface area contributed by atoms with E-state index in [0.717, 1.165) is 5.56 Å². The Balaban J connectivity index is 1.77. The molecule has 0 spiro atoms. The molecule has 0 atom stereocenters. The van der Waals surface area contributed by atoms with Gasteiger partial charge in [-0.3, -0.25) is 0 Å². The molecule has 0 unspecified atom stereocenters. The van der Waals surface area contributed by atoms with E-state index in [-0.39, 0.29) is 28.1 Å². The summed E-state index contributed by atoms with van der Waals surface area (Å²) in [5.74, 6) is 0.714. The fourth-order valence-electron chi connectivity index (χ4n) is 2.13. The summed E-state index contributed by atoms with van der Waals surface area (Å²) in [4.78, 5) is 4.11. The molecular formula is C16H14ClN3O4S. The van der Waals surface area contributed by atoms with E-state index in [0.29, 0.717) is 5.82 Å². The molecule has 3 rings (SSSR count). The van der Waals surface area contributed by atoms with Gasteiger partial charge < -0.3 is 9.26 Å². The molecule has 0 radical (unpaired) electrons. The van der Waals surface area contributed by atoms with Crippen molar-refractivity contribution >= 4 is 21.6 Å². The van der Waals surface area contributed by atoms with Gasteiger partial charge in [-0.2, -0.15) is 4.98 Å². The van der Waals surface area contributed by atoms with Crippen molar-refractivity contribution in [1.29, 1.82) is 0 Å². The molecule has 1 heterocycles. The van der Waals surface area contributed by atoms with Gasteiger partial charge in [0, 0.05) is 10.6 Å². The molecule has 0 aliphatic rings. The Kier molecular flexibility index (Phi) is 5.03. The molecule has 7 nitrogen and oxygen atoms in total. The van der Waals surface area contributed by atoms with Gasteiger partial charge in [0.1, 0.15) is 10.6 Å². The van der Waals surface area contributed by atoms with E-state index in [4.69, 9.17) is 20.9 Å². The van der Waals surface area contributed by atoms with Gasteiger partial charge in [0.25, 0.3) is 0 Å². The quantitative estimate of drug-likeness (QED) is 0.707. The van der Waals surface area contributed by atoms with Gasteiger partial charge in [-0.05, 0) is 18.2 Å². The normalized spacial score (nSPS) is 11.4. The van der Waals surface area contributed by atoms with Gasteiger partial charge in [0.15, 0.2) is 0 Å². The molecule has 130 valence electrons. The number of aromatic nitrogens is 2. The number of ether oxygens (including phenoxy) is 1. The topological polar surface area (TPSA) is 94.3 Å². The van der Waals surface area contributed by atoms with Crippen LogP contribution in [0.25, 0.3) is 11.4 Å². The number of nitrogens with zero attached hydrogens (tertiary/aromatic N) is 2. The number of benzene rings is 2. The van der Waals surface area contributed by atoms with Crippen LogP contribution in [0.3, 0.4) is 0 Å². The number of methoxy groups -OCH3 is 1. The van der Waals surface area contributed by atoms with Gasteiger partial charge in [0.2, 0.25) is 21.7 Å². The molecule has 25 heavy (non-hydrogen) atoms. The molecule has 1 N–H and O–H groups in total. The zero-order valence-corrected chi connectivity index (χ0v) is 14.7. The van der Waals surface area contributed by atoms with Crippen molar-refractivity contribution in [3.63, 3.8) is 0 Å². The van der Waals surface area contributed by atoms with Crippen LogP contribution in [0.4, 0.5) is 0 Å². The van der Waals surface area contributed by atoms with Crippen molar-refractivity contribution in [2.75, 3.05) is 7.11 Å². The van der Waals surface area contributed by atoms with Crippen LogP contribution >= 0.6 is 11.6 Å². The van der Waals surface area contributed by atoms with Gasteiger partial charge in [-0.25, -0.2) is 13.1 Å². The predicted molar refractivity (Wildman–Crippen MR) is 91.8 cm³/mol. The van der Waals surface area contributed by atoms with Crippen molar-refractivity contribution < 1.29 is 17.7 Å². The van der Waals surface area contributed by atoms with E-state index in [2.05, 4.69) is 14.9 Å². The first kappa shape index (κ1) is 17.4. The van der Waals surface area contributed by atoms with Crippen LogP contribution in [0.15, 0.2) is 57.9 Å². The molecule has 0 saturated heterocycles. The Hall–Kier alpha value is -2.42. The second-order valence-corrected chi connectivity index (χ2v) is 7.17. The van der Waals surface area contributed by atoms with E-state index in [1.807, 2.05) is 30.3 Å². The number of rotatable bonds is 6. The first-order valence-electron chi connectivity index (χ1n) is 7.21. The van der Waals surface area contributed by atoms with Crippen LogP contribution in [0.2, 0.25) is 5.02 Å². The summed E-state index contributed by atoms with van der Waals surface area (Å²) < 4.78 is 37.5. The molecule has 1 aromatic heterocycles. The van der Waals surface area contributed by atoms with Crippen LogP contribution in [-0.4, -0.2) is 25.7 Å². The van der Waals surface area contributed by atoms with Gasteiger partial charge in [-0.15, -0.1) is 0 Å². The lowest BCUT2D eigenvalue weighted by Gasteiger charge is -2.09. The smallest absolute Gasteiger partial charge is 0.244 e. The highest BCUT2D eigenvalue weighted by Crippen LogP contribution is 2.27. The summed E-state index contributed by atoms with van der Waals surface area (Å²) in [6.45, 7) is -0.155. The van der Waals surface area contributed by atoms with Crippen LogP contribution in [0.5, 0.6) is 5.75 Å². The van der Waals surface area contributed by atoms with Gasteiger partial charge in [-0.1, -0.05) is 47.1 Å². The summed E-state index contributed by atoms with van der Waals surface area (Å²) in [6, 6.07) is 13.6. The average molecular weight is 380 g/mol. The molecule has 0 amide bonds. The Morgan fingerprint density at radius 2 is 1.96 bits per heavy atom. The predicted octanol–water partition coefficient (Wildman–Crippen LogP) is 2.88. The second-order valence-electron chi connectivity index (χ2n) is 5.00. The summed E-state index contributed by atoms with van der Waals surface area (Å²) in [5, 5.41) is 4.12. The minimum Gasteiger partial charge on any atom is -0.495 e. The summed E-state index contributed by atoms with van der Waals surface area (Å²) >= 11 is 5.88. The zero-order valence-electron chi connectivity index (χ0n) is 13.1. The van der Waals surface area contributed by atoms with Crippen LogP contribution in [-0.2, 0) is 16.6 Å². The maximum absolute atomic E-state index is 12.5. The van der Waals surface area contributed by atoms with Crippen molar-refractivity contribution in [2.45, 2.75) is 11.4 Å². The van der Waals surface area contributed by atoms with Gasteiger partial charge >= 0.3 is 0 Å². The van der Waals surface area contributed by atoms with Crippen LogP contribution < -0.4 is 9.46 Å². The number of hydrogen-bond donors (Lipinski definition) is 1. The van der Waals surface area contributed by atoms with Crippen molar-refractivity contribution in [1.82, 2.24) is 14.9 Å². The maximum atomic E-state index is 12.5. The molecular weight excluding hydrogens is 366 g/mol. The third-order valence-electron chi connectivity index (χ3n) is 3.33.